The van der Waals surface area contributed by atoms with Gasteiger partial charge in [0.15, 0.2) is 5.96 Å². The van der Waals surface area contributed by atoms with Gasteiger partial charge in [-0.2, -0.15) is 0 Å². The number of rotatable bonds is 0. The van der Waals surface area contributed by atoms with Crippen LogP contribution in [0, 0.1) is 0 Å². The number of nitrogens with two attached hydrogens (primary N) is 1. The monoisotopic (exact) mass is 229 g/mol. The van der Waals surface area contributed by atoms with Crippen molar-refractivity contribution in [3.05, 3.63) is 27.7 Å². The van der Waals surface area contributed by atoms with E-state index in [1.165, 1.54) is 0 Å². The van der Waals surface area contributed by atoms with Gasteiger partial charge in [0, 0.05) is 19.2 Å². The number of hydrogen-bond acceptors (Lipinski definition) is 3. The molecule has 0 atom stereocenters. The molecule has 2 rings (SSSR count). The van der Waals surface area contributed by atoms with Gasteiger partial charge in [-0.1, -0.05) is 23.2 Å². The Morgan fingerprint density at radius 3 is 2.86 bits per heavy atom. The van der Waals surface area contributed by atoms with E-state index in [4.69, 9.17) is 28.9 Å². The molecule has 2 N–H and O–H groups in total. The maximum Gasteiger partial charge on any atom is 0.196 e. The van der Waals surface area contributed by atoms with Crippen LogP contribution in [0.3, 0.4) is 0 Å². The van der Waals surface area contributed by atoms with Crippen LogP contribution in [0.2, 0.25) is 10.0 Å². The van der Waals surface area contributed by atoms with Crippen molar-refractivity contribution < 1.29 is 0 Å². The molecule has 0 bridgehead atoms. The number of aliphatic imine (C=N–C) groups is 1. The molecule has 0 fully saturated rings. The summed E-state index contributed by atoms with van der Waals surface area (Å²) >= 11 is 12.0. The van der Waals surface area contributed by atoms with E-state index >= 15 is 0 Å². The van der Waals surface area contributed by atoms with E-state index in [1.54, 1.807) is 6.07 Å². The highest BCUT2D eigenvalue weighted by atomic mass is 35.5. The molecular weight excluding hydrogens is 221 g/mol. The van der Waals surface area contributed by atoms with E-state index < -0.39 is 0 Å². The minimum absolute atomic E-state index is 0.496. The number of nitrogens with zero attached hydrogens (tertiary/aromatic N) is 2. The fourth-order valence-electron chi connectivity index (χ4n) is 1.36. The Labute approximate surface area is 92.1 Å². The van der Waals surface area contributed by atoms with Gasteiger partial charge in [-0.25, -0.2) is 4.99 Å². The Morgan fingerprint density at radius 1 is 1.43 bits per heavy atom. The minimum atomic E-state index is 0.496. The highest BCUT2D eigenvalue weighted by Gasteiger charge is 2.18. The number of fused-ring (bicyclic) bond motifs is 1. The van der Waals surface area contributed by atoms with E-state index in [2.05, 4.69) is 4.99 Å². The standard InChI is InChI=1S/C9H9Cl2N3/c1-14-4-5-7(13-9(14)12)3-2-6(10)8(5)11/h2-3H,4H2,1H3,(H2,12,13). The summed E-state index contributed by atoms with van der Waals surface area (Å²) in [6.45, 7) is 0.643. The van der Waals surface area contributed by atoms with Crippen LogP contribution in [0.25, 0.3) is 0 Å². The third-order valence-corrected chi connectivity index (χ3v) is 3.04. The Bertz CT molecular complexity index is 415. The second-order valence-electron chi connectivity index (χ2n) is 3.19. The SMILES string of the molecule is CN1Cc2c(ccc(Cl)c2Cl)N=C1N. The Balaban J connectivity index is 2.60. The van der Waals surface area contributed by atoms with Gasteiger partial charge in [0.05, 0.1) is 15.7 Å². The van der Waals surface area contributed by atoms with Crippen molar-refractivity contribution >= 4 is 34.8 Å². The highest BCUT2D eigenvalue weighted by molar-refractivity contribution is 6.42. The number of hydrogen-bond donors (Lipinski definition) is 1. The zero-order valence-corrected chi connectivity index (χ0v) is 9.10. The summed E-state index contributed by atoms with van der Waals surface area (Å²) in [6.07, 6.45) is 0. The number of halogens is 2. The molecule has 1 aliphatic heterocycles. The normalized spacial score (nSPS) is 15.1. The average Bonchev–Trinajstić information content (AvgIpc) is 2.15. The molecule has 74 valence electrons. The van der Waals surface area contributed by atoms with Gasteiger partial charge in [-0.3, -0.25) is 0 Å². The van der Waals surface area contributed by atoms with Crippen LogP contribution in [-0.4, -0.2) is 17.9 Å². The number of benzene rings is 1. The van der Waals surface area contributed by atoms with Crippen LogP contribution in [0.4, 0.5) is 5.69 Å². The van der Waals surface area contributed by atoms with E-state index in [0.717, 1.165) is 11.3 Å². The summed E-state index contributed by atoms with van der Waals surface area (Å²) in [7, 11) is 1.86. The van der Waals surface area contributed by atoms with Gasteiger partial charge in [-0.05, 0) is 12.1 Å². The summed E-state index contributed by atoms with van der Waals surface area (Å²) in [4.78, 5) is 6.03. The molecule has 5 heteroatoms. The van der Waals surface area contributed by atoms with Crippen molar-refractivity contribution in [3.8, 4) is 0 Å². The first-order valence-corrected chi connectivity index (χ1v) is 4.87. The molecule has 0 radical (unpaired) electrons. The molecule has 0 saturated heterocycles. The fourth-order valence-corrected chi connectivity index (χ4v) is 1.76. The molecule has 14 heavy (non-hydrogen) atoms. The lowest BCUT2D eigenvalue weighted by Crippen LogP contribution is -2.35. The summed E-state index contributed by atoms with van der Waals surface area (Å²) in [5.74, 6) is 0.496. The van der Waals surface area contributed by atoms with Crippen LogP contribution in [0.5, 0.6) is 0 Å². The number of guanidine groups is 1. The zero-order valence-electron chi connectivity index (χ0n) is 7.59. The molecule has 0 unspecified atom stereocenters. The second-order valence-corrected chi connectivity index (χ2v) is 3.97. The molecule has 1 heterocycles. The van der Waals surface area contributed by atoms with Crippen LogP contribution in [0.15, 0.2) is 17.1 Å². The predicted molar refractivity (Wildman–Crippen MR) is 59.2 cm³/mol. The maximum atomic E-state index is 6.06. The van der Waals surface area contributed by atoms with E-state index in [-0.39, 0.29) is 0 Å². The van der Waals surface area contributed by atoms with Gasteiger partial charge in [-0.15, -0.1) is 0 Å². The molecule has 1 aromatic rings. The molecule has 3 nitrogen and oxygen atoms in total. The van der Waals surface area contributed by atoms with Gasteiger partial charge in [0.25, 0.3) is 0 Å². The quantitative estimate of drug-likeness (QED) is 0.743. The lowest BCUT2D eigenvalue weighted by atomic mass is 10.1. The first kappa shape index (κ1) is 9.62. The van der Waals surface area contributed by atoms with Crippen LogP contribution < -0.4 is 5.73 Å². The van der Waals surface area contributed by atoms with E-state index in [0.29, 0.717) is 22.5 Å². The molecule has 0 saturated carbocycles. The van der Waals surface area contributed by atoms with Crippen molar-refractivity contribution in [2.75, 3.05) is 7.05 Å². The summed E-state index contributed by atoms with van der Waals surface area (Å²) in [5, 5.41) is 1.11. The first-order valence-electron chi connectivity index (χ1n) is 4.12. The summed E-state index contributed by atoms with van der Waals surface area (Å²) in [6, 6.07) is 3.55. The Kier molecular flexibility index (Phi) is 2.29. The molecule has 1 aromatic carbocycles. The van der Waals surface area contributed by atoms with Crippen molar-refractivity contribution in [1.82, 2.24) is 4.90 Å². The van der Waals surface area contributed by atoms with Crippen LogP contribution in [-0.2, 0) is 6.54 Å². The third kappa shape index (κ3) is 1.42. The fraction of sp³-hybridized carbons (Fsp3) is 0.222. The second kappa shape index (κ2) is 3.33. The average molecular weight is 230 g/mol. The highest BCUT2D eigenvalue weighted by Crippen LogP contribution is 2.35. The zero-order chi connectivity index (χ0) is 10.3. The molecular formula is C9H9Cl2N3. The molecule has 1 aliphatic rings. The van der Waals surface area contributed by atoms with Crippen molar-refractivity contribution in [3.63, 3.8) is 0 Å². The lowest BCUT2D eigenvalue weighted by Gasteiger charge is -2.24. The topological polar surface area (TPSA) is 41.6 Å². The van der Waals surface area contributed by atoms with Gasteiger partial charge in [0.1, 0.15) is 0 Å². The van der Waals surface area contributed by atoms with Gasteiger partial charge >= 0.3 is 0 Å². The van der Waals surface area contributed by atoms with Crippen LogP contribution in [0.1, 0.15) is 5.56 Å². The maximum absolute atomic E-state index is 6.06. The van der Waals surface area contributed by atoms with E-state index in [1.807, 2.05) is 18.0 Å². The van der Waals surface area contributed by atoms with Crippen molar-refractivity contribution in [1.29, 1.82) is 0 Å². The molecule has 0 aromatic heterocycles. The predicted octanol–water partition coefficient (Wildman–Crippen LogP) is 2.39. The van der Waals surface area contributed by atoms with Crippen molar-refractivity contribution in [2.45, 2.75) is 6.54 Å². The first-order chi connectivity index (χ1) is 6.59. The summed E-state index contributed by atoms with van der Waals surface area (Å²) in [5.41, 5.74) is 7.41. The molecule has 0 spiro atoms. The third-order valence-electron chi connectivity index (χ3n) is 2.19. The van der Waals surface area contributed by atoms with Crippen LogP contribution >= 0.6 is 23.2 Å². The Morgan fingerprint density at radius 2 is 2.14 bits per heavy atom. The largest absolute Gasteiger partial charge is 0.369 e. The van der Waals surface area contributed by atoms with Gasteiger partial charge in [0.2, 0.25) is 0 Å². The smallest absolute Gasteiger partial charge is 0.196 e. The lowest BCUT2D eigenvalue weighted by molar-refractivity contribution is 0.487. The summed E-state index contributed by atoms with van der Waals surface area (Å²) < 4.78 is 0. The minimum Gasteiger partial charge on any atom is -0.369 e. The molecule has 0 amide bonds. The Hall–Kier alpha value is -0.930. The van der Waals surface area contributed by atoms with Crippen molar-refractivity contribution in [2.24, 2.45) is 10.7 Å². The van der Waals surface area contributed by atoms with Gasteiger partial charge < -0.3 is 10.6 Å². The van der Waals surface area contributed by atoms with E-state index in [9.17, 15) is 0 Å². The molecule has 0 aliphatic carbocycles.